The van der Waals surface area contributed by atoms with Crippen LogP contribution in [0, 0.1) is 0 Å². The van der Waals surface area contributed by atoms with Gasteiger partial charge in [0.15, 0.2) is 5.82 Å². The maximum atomic E-state index is 5.34. The second-order valence-electron chi connectivity index (χ2n) is 13.6. The minimum absolute atomic E-state index is 0.694. The molecule has 4 nitrogen and oxygen atoms in total. The van der Waals surface area contributed by atoms with Gasteiger partial charge in [0.05, 0.1) is 27.9 Å². The number of hydrogen-bond acceptors (Lipinski definition) is 4. The summed E-state index contributed by atoms with van der Waals surface area (Å²) < 4.78 is 4.88. The van der Waals surface area contributed by atoms with E-state index in [4.69, 9.17) is 15.0 Å². The van der Waals surface area contributed by atoms with Crippen molar-refractivity contribution in [3.8, 4) is 50.7 Å². The van der Waals surface area contributed by atoms with Crippen LogP contribution >= 0.6 is 11.3 Å². The van der Waals surface area contributed by atoms with Gasteiger partial charge >= 0.3 is 0 Å². The lowest BCUT2D eigenvalue weighted by atomic mass is 9.96. The van der Waals surface area contributed by atoms with Crippen molar-refractivity contribution < 1.29 is 0 Å². The van der Waals surface area contributed by atoms with Gasteiger partial charge in [-0.05, 0) is 65.7 Å². The minimum atomic E-state index is 0.694. The molecule has 0 aliphatic rings. The highest BCUT2D eigenvalue weighted by Gasteiger charge is 2.19. The molecule has 0 N–H and O–H groups in total. The van der Waals surface area contributed by atoms with Crippen molar-refractivity contribution in [1.82, 2.24) is 19.5 Å². The van der Waals surface area contributed by atoms with Crippen LogP contribution in [0.15, 0.2) is 182 Å². The summed E-state index contributed by atoms with van der Waals surface area (Å²) in [5.41, 5.74) is 11.4. The van der Waals surface area contributed by atoms with Crippen molar-refractivity contribution in [3.05, 3.63) is 182 Å². The SMILES string of the molecule is c1ccc(-c2nc(-c3cc(-c4cccc5ncccc45)cc(-n4c5ccccc5c5ccccc54)c3)cc(-c3cccc4c3sc3ccccc34)n2)cc1. The molecule has 0 aliphatic carbocycles. The molecule has 0 bridgehead atoms. The summed E-state index contributed by atoms with van der Waals surface area (Å²) in [5.74, 6) is 0.694. The molecule has 0 saturated heterocycles. The molecule has 54 heavy (non-hydrogen) atoms. The van der Waals surface area contributed by atoms with E-state index in [1.54, 1.807) is 0 Å². The van der Waals surface area contributed by atoms with Crippen LogP contribution in [0.4, 0.5) is 0 Å². The number of benzene rings is 7. The Kier molecular flexibility index (Phi) is 7.00. The van der Waals surface area contributed by atoms with Crippen molar-refractivity contribution in [3.63, 3.8) is 0 Å². The first-order valence-electron chi connectivity index (χ1n) is 18.1. The Hall–Kier alpha value is -6.95. The Bertz CT molecular complexity index is 3170. The average molecular weight is 707 g/mol. The normalized spacial score (nSPS) is 11.7. The summed E-state index contributed by atoms with van der Waals surface area (Å²) in [6.07, 6.45) is 1.86. The minimum Gasteiger partial charge on any atom is -0.309 e. The molecule has 4 heterocycles. The molecule has 0 atom stereocenters. The summed E-state index contributed by atoms with van der Waals surface area (Å²) in [6.45, 7) is 0. The summed E-state index contributed by atoms with van der Waals surface area (Å²) in [7, 11) is 0. The van der Waals surface area contributed by atoms with Gasteiger partial charge in [0, 0.05) is 64.9 Å². The van der Waals surface area contributed by atoms with E-state index in [0.29, 0.717) is 5.82 Å². The monoisotopic (exact) mass is 706 g/mol. The fraction of sp³-hybridized carbons (Fsp3) is 0. The largest absolute Gasteiger partial charge is 0.309 e. The van der Waals surface area contributed by atoms with E-state index in [1.165, 1.54) is 30.9 Å². The fourth-order valence-electron chi connectivity index (χ4n) is 8.00. The van der Waals surface area contributed by atoms with E-state index < -0.39 is 0 Å². The fourth-order valence-corrected chi connectivity index (χ4v) is 9.22. The van der Waals surface area contributed by atoms with Gasteiger partial charge in [-0.25, -0.2) is 9.97 Å². The van der Waals surface area contributed by atoms with Crippen LogP contribution in [0.2, 0.25) is 0 Å². The maximum absolute atomic E-state index is 5.34. The lowest BCUT2D eigenvalue weighted by Crippen LogP contribution is -1.99. The van der Waals surface area contributed by atoms with Gasteiger partial charge in [-0.3, -0.25) is 4.98 Å². The van der Waals surface area contributed by atoms with E-state index >= 15 is 0 Å². The first kappa shape index (κ1) is 30.7. The van der Waals surface area contributed by atoms with Crippen molar-refractivity contribution in [2.75, 3.05) is 0 Å². The number of thiophene rings is 1. The zero-order valence-electron chi connectivity index (χ0n) is 29.0. The van der Waals surface area contributed by atoms with Crippen LogP contribution in [-0.2, 0) is 0 Å². The number of nitrogens with zero attached hydrogens (tertiary/aromatic N) is 4. The number of pyridine rings is 1. The molecule has 0 amide bonds. The Morgan fingerprint density at radius 3 is 1.91 bits per heavy atom. The van der Waals surface area contributed by atoms with Crippen LogP contribution < -0.4 is 0 Å². The smallest absolute Gasteiger partial charge is 0.160 e. The number of hydrogen-bond donors (Lipinski definition) is 0. The average Bonchev–Trinajstić information content (AvgIpc) is 3.80. The molecule has 11 rings (SSSR count). The van der Waals surface area contributed by atoms with Gasteiger partial charge in [-0.15, -0.1) is 11.3 Å². The molecule has 0 saturated carbocycles. The van der Waals surface area contributed by atoms with E-state index in [9.17, 15) is 0 Å². The van der Waals surface area contributed by atoms with Gasteiger partial charge in [-0.2, -0.15) is 0 Å². The van der Waals surface area contributed by atoms with Crippen molar-refractivity contribution in [2.45, 2.75) is 0 Å². The summed E-state index contributed by atoms with van der Waals surface area (Å²) >= 11 is 1.82. The van der Waals surface area contributed by atoms with Crippen molar-refractivity contribution in [2.24, 2.45) is 0 Å². The maximum Gasteiger partial charge on any atom is 0.160 e. The molecule has 5 heteroatoms. The van der Waals surface area contributed by atoms with Gasteiger partial charge in [0.25, 0.3) is 0 Å². The molecule has 252 valence electrons. The molecule has 4 aromatic heterocycles. The molecule has 0 unspecified atom stereocenters. The van der Waals surface area contributed by atoms with Gasteiger partial charge in [-0.1, -0.05) is 121 Å². The molecule has 0 fully saturated rings. The topological polar surface area (TPSA) is 43.6 Å². The lowest BCUT2D eigenvalue weighted by Gasteiger charge is -2.16. The van der Waals surface area contributed by atoms with Crippen molar-refractivity contribution in [1.29, 1.82) is 0 Å². The van der Waals surface area contributed by atoms with Crippen LogP contribution in [0.25, 0.3) is 104 Å². The highest BCUT2D eigenvalue weighted by atomic mass is 32.1. The number of aromatic nitrogens is 4. The second kappa shape index (κ2) is 12.3. The Morgan fingerprint density at radius 1 is 0.426 bits per heavy atom. The first-order valence-corrected chi connectivity index (χ1v) is 18.9. The zero-order valence-corrected chi connectivity index (χ0v) is 29.8. The molecule has 7 aromatic carbocycles. The van der Waals surface area contributed by atoms with Gasteiger partial charge < -0.3 is 4.57 Å². The zero-order chi connectivity index (χ0) is 35.6. The molecule has 11 aromatic rings. The predicted molar refractivity (Wildman–Crippen MR) is 226 cm³/mol. The van der Waals surface area contributed by atoms with E-state index in [0.717, 1.165) is 66.8 Å². The van der Waals surface area contributed by atoms with Crippen LogP contribution in [0.1, 0.15) is 0 Å². The summed E-state index contributed by atoms with van der Waals surface area (Å²) in [5, 5.41) is 6.07. The van der Waals surface area contributed by atoms with E-state index in [-0.39, 0.29) is 0 Å². The number of rotatable bonds is 5. The predicted octanol–water partition coefficient (Wildman–Crippen LogP) is 13.2. The molecule has 0 aliphatic heterocycles. The Balaban J connectivity index is 1.21. The highest BCUT2D eigenvalue weighted by Crippen LogP contribution is 2.42. The number of para-hydroxylation sites is 2. The quantitative estimate of drug-likeness (QED) is 0.179. The second-order valence-corrected chi connectivity index (χ2v) is 14.7. The Labute approximate surface area is 315 Å². The van der Waals surface area contributed by atoms with Crippen LogP contribution in [-0.4, -0.2) is 19.5 Å². The molecule has 0 radical (unpaired) electrons. The van der Waals surface area contributed by atoms with Crippen LogP contribution in [0.5, 0.6) is 0 Å². The summed E-state index contributed by atoms with van der Waals surface area (Å²) in [4.78, 5) is 15.3. The van der Waals surface area contributed by atoms with Crippen molar-refractivity contribution >= 4 is 64.2 Å². The molecule has 0 spiro atoms. The molecular formula is C49H30N4S. The van der Waals surface area contributed by atoms with Crippen LogP contribution in [0.3, 0.4) is 0 Å². The lowest BCUT2D eigenvalue weighted by molar-refractivity contribution is 1.17. The third kappa shape index (κ3) is 4.94. The third-order valence-electron chi connectivity index (χ3n) is 10.4. The molecular weight excluding hydrogens is 677 g/mol. The Morgan fingerprint density at radius 2 is 1.07 bits per heavy atom. The summed E-state index contributed by atoms with van der Waals surface area (Å²) in [6, 6.07) is 62.4. The van der Waals surface area contributed by atoms with Gasteiger partial charge in [0.2, 0.25) is 0 Å². The van der Waals surface area contributed by atoms with Gasteiger partial charge in [0.1, 0.15) is 0 Å². The standard InChI is InChI=1S/C49H30N4S/c1-2-13-31(14-3-1)49-51-43(30-44(52-49)41-20-10-19-40-39-17-6-9-25-47(39)54-48(40)41)33-27-32(35-18-11-22-42-36(35)21-12-26-50-42)28-34(29-33)53-45-23-7-4-15-37(45)38-16-5-8-24-46(38)53/h1-30H. The number of fused-ring (bicyclic) bond motifs is 7. The first-order chi connectivity index (χ1) is 26.8. The van der Waals surface area contributed by atoms with E-state index in [2.05, 4.69) is 156 Å². The third-order valence-corrected chi connectivity index (χ3v) is 11.7. The van der Waals surface area contributed by atoms with E-state index in [1.807, 2.05) is 41.8 Å². The highest BCUT2D eigenvalue weighted by molar-refractivity contribution is 7.26.